The molecule has 1 aliphatic heterocycles. The van der Waals surface area contributed by atoms with E-state index in [1.54, 1.807) is 12.1 Å². The van der Waals surface area contributed by atoms with Crippen LogP contribution in [0.5, 0.6) is 11.5 Å². The first-order chi connectivity index (χ1) is 30.2. The number of carbonyl (C=O) groups excluding carboxylic acids is 4. The fraction of sp³-hybridized carbons (Fsp3) is 0.745. The van der Waals surface area contributed by atoms with E-state index in [0.717, 1.165) is 81.1 Å². The molecule has 0 aromatic heterocycles. The molecule has 1 aromatic carbocycles. The molecular weight excluding hydrogens is 819 g/mol. The maximum absolute atomic E-state index is 13.8. The molecule has 1 atom stereocenters. The first kappa shape index (κ1) is 48.5. The summed E-state index contributed by atoms with van der Waals surface area (Å²) in [6.45, 7) is 16.2. The maximum Gasteiger partial charge on any atom is 0.392 e. The Bertz CT molecular complexity index is 1590. The van der Waals surface area contributed by atoms with Gasteiger partial charge in [-0.25, -0.2) is 16.2 Å². The number of hydrogen-bond donors (Lipinski definition) is 0. The van der Waals surface area contributed by atoms with Gasteiger partial charge in [0.05, 0.1) is 34.8 Å². The molecule has 1 unspecified atom stereocenters. The molecule has 4 fully saturated rings. The minimum Gasteiger partial charge on any atom is -0.463 e. The number of ether oxygens (including phenoxy) is 4. The van der Waals surface area contributed by atoms with E-state index in [2.05, 4.69) is 25.3 Å². The largest absolute Gasteiger partial charge is 0.463 e. The van der Waals surface area contributed by atoms with Crippen LogP contribution in [-0.2, 0) is 28.7 Å². The minimum absolute atomic E-state index is 0.0855. The highest BCUT2D eigenvalue weighted by Gasteiger charge is 2.45. The van der Waals surface area contributed by atoms with Crippen molar-refractivity contribution in [2.24, 2.45) is 47.3 Å². The van der Waals surface area contributed by atoms with Gasteiger partial charge >= 0.3 is 29.9 Å². The Morgan fingerprint density at radius 1 is 0.645 bits per heavy atom. The van der Waals surface area contributed by atoms with E-state index in [-0.39, 0.29) is 37.0 Å². The zero-order valence-electron chi connectivity index (χ0n) is 37.6. The molecular formula is C51H73NO8S2. The standard InChI is InChI=1S/C51H73NO8S2/c1-5-8-12-34-14-18-36(19-15-34)38-22-26-40(27-23-38)48(54)59-42-30-31-43(60-49(55)41-28-24-39(25-29-41)37-20-16-35(17-21-37)13-9-6-2)47-46(42)61-51(62-47)45(52-4)50(56)58-33-11-10-32-57-44(53)7-3/h7,30-31,34-41,45,51H,3,5-6,8-29,32-33H2,1-2H3. The van der Waals surface area contributed by atoms with Crippen LogP contribution in [-0.4, -0.2) is 47.7 Å². The fourth-order valence-corrected chi connectivity index (χ4v) is 14.1. The molecule has 5 aliphatic rings. The number of fused-ring (bicyclic) bond motifs is 1. The summed E-state index contributed by atoms with van der Waals surface area (Å²) in [6, 6.07) is 2.29. The number of esters is 4. The Labute approximate surface area is 380 Å². The van der Waals surface area contributed by atoms with Crippen LogP contribution in [0.3, 0.4) is 0 Å². The van der Waals surface area contributed by atoms with Crippen LogP contribution in [0.2, 0.25) is 0 Å². The SMILES string of the molecule is [C-]#[N+]C(C(=O)OCCCCOC(=O)C=C)C1Sc2c(OC(=O)C3CCC(C4CCC(CCCC)CC4)CC3)ccc(OC(=O)C3CCC(C4CCC(CCCC)CC4)CC3)c2S1. The van der Waals surface area contributed by atoms with E-state index in [0.29, 0.717) is 46.0 Å². The van der Waals surface area contributed by atoms with Gasteiger partial charge in [-0.3, -0.25) is 14.4 Å². The van der Waals surface area contributed by atoms with Crippen molar-refractivity contribution in [3.8, 4) is 11.5 Å². The molecule has 11 heteroatoms. The number of benzene rings is 1. The lowest BCUT2D eigenvalue weighted by Gasteiger charge is -2.37. The fourth-order valence-electron chi connectivity index (χ4n) is 11.1. The minimum atomic E-state index is -1.14. The molecule has 4 saturated carbocycles. The Morgan fingerprint density at radius 2 is 1.05 bits per heavy atom. The maximum atomic E-state index is 13.8. The summed E-state index contributed by atoms with van der Waals surface area (Å²) in [5.41, 5.74) is 0. The predicted molar refractivity (Wildman–Crippen MR) is 246 cm³/mol. The van der Waals surface area contributed by atoms with Crippen molar-refractivity contribution in [1.82, 2.24) is 0 Å². The van der Waals surface area contributed by atoms with Gasteiger partial charge in [0, 0.05) is 6.08 Å². The number of hydrogen-bond acceptors (Lipinski definition) is 10. The van der Waals surface area contributed by atoms with Crippen molar-refractivity contribution < 1.29 is 38.1 Å². The van der Waals surface area contributed by atoms with Gasteiger partial charge in [-0.15, -0.1) is 0 Å². The van der Waals surface area contributed by atoms with Crippen molar-refractivity contribution in [2.75, 3.05) is 13.2 Å². The highest BCUT2D eigenvalue weighted by atomic mass is 32.2. The molecule has 0 bridgehead atoms. The van der Waals surface area contributed by atoms with Gasteiger partial charge in [0.1, 0.15) is 16.1 Å². The van der Waals surface area contributed by atoms with Crippen LogP contribution in [0, 0.1) is 53.9 Å². The number of unbranched alkanes of at least 4 members (excludes halogenated alkanes) is 3. The van der Waals surface area contributed by atoms with Crippen molar-refractivity contribution in [3.63, 3.8) is 0 Å². The summed E-state index contributed by atoms with van der Waals surface area (Å²) >= 11 is 2.60. The summed E-state index contributed by atoms with van der Waals surface area (Å²) in [6.07, 6.45) is 28.2. The molecule has 0 amide bonds. The van der Waals surface area contributed by atoms with Crippen LogP contribution in [0.1, 0.15) is 168 Å². The summed E-state index contributed by atoms with van der Waals surface area (Å²) in [7, 11) is 0. The normalized spacial score (nSPS) is 29.0. The molecule has 62 heavy (non-hydrogen) atoms. The molecule has 0 spiro atoms. The summed E-state index contributed by atoms with van der Waals surface area (Å²) in [5, 5.41) is 0. The van der Waals surface area contributed by atoms with Gasteiger partial charge in [0.25, 0.3) is 0 Å². The van der Waals surface area contributed by atoms with Gasteiger partial charge < -0.3 is 18.9 Å². The van der Waals surface area contributed by atoms with Crippen LogP contribution in [0.25, 0.3) is 4.85 Å². The lowest BCUT2D eigenvalue weighted by atomic mass is 9.68. The van der Waals surface area contributed by atoms with Crippen LogP contribution >= 0.6 is 23.5 Å². The summed E-state index contributed by atoms with van der Waals surface area (Å²) < 4.78 is 22.3. The molecule has 6 rings (SSSR count). The van der Waals surface area contributed by atoms with E-state index >= 15 is 0 Å². The van der Waals surface area contributed by atoms with Crippen LogP contribution < -0.4 is 9.47 Å². The number of rotatable bonds is 20. The monoisotopic (exact) mass is 891 g/mol. The highest BCUT2D eigenvalue weighted by molar-refractivity contribution is 8.19. The van der Waals surface area contributed by atoms with Gasteiger partial charge in [0.2, 0.25) is 0 Å². The molecule has 342 valence electrons. The van der Waals surface area contributed by atoms with Gasteiger partial charge in [0.15, 0.2) is 0 Å². The molecule has 1 heterocycles. The first-order valence-corrected chi connectivity index (χ1v) is 26.2. The van der Waals surface area contributed by atoms with Crippen molar-refractivity contribution in [3.05, 3.63) is 36.2 Å². The number of thioether (sulfide) groups is 2. The Hall–Kier alpha value is -2.97. The Kier molecular flexibility index (Phi) is 19.5. The summed E-state index contributed by atoms with van der Waals surface area (Å²) in [5.74, 6) is 3.49. The number of carbonyl (C=O) groups is 4. The van der Waals surface area contributed by atoms with E-state index in [1.165, 1.54) is 113 Å². The lowest BCUT2D eigenvalue weighted by molar-refractivity contribution is -0.144. The van der Waals surface area contributed by atoms with Gasteiger partial charge in [-0.1, -0.05) is 108 Å². The van der Waals surface area contributed by atoms with Crippen molar-refractivity contribution in [2.45, 2.75) is 188 Å². The lowest BCUT2D eigenvalue weighted by Crippen LogP contribution is -2.30. The van der Waals surface area contributed by atoms with Crippen molar-refractivity contribution in [1.29, 1.82) is 0 Å². The van der Waals surface area contributed by atoms with Crippen LogP contribution in [0.4, 0.5) is 0 Å². The molecule has 0 N–H and O–H groups in total. The van der Waals surface area contributed by atoms with E-state index < -0.39 is 22.6 Å². The third-order valence-electron chi connectivity index (χ3n) is 15.0. The first-order valence-electron chi connectivity index (χ1n) is 24.5. The Balaban J connectivity index is 1.06. The molecule has 0 radical (unpaired) electrons. The molecule has 0 saturated heterocycles. The zero-order chi connectivity index (χ0) is 43.8. The highest BCUT2D eigenvalue weighted by Crippen LogP contribution is 2.57. The number of nitrogens with zero attached hydrogens (tertiary/aromatic N) is 1. The smallest absolute Gasteiger partial charge is 0.392 e. The second-order valence-corrected chi connectivity index (χ2v) is 21.7. The topological polar surface area (TPSA) is 110 Å². The third-order valence-corrected chi connectivity index (χ3v) is 18.0. The zero-order valence-corrected chi connectivity index (χ0v) is 39.3. The average Bonchev–Trinajstić information content (AvgIpc) is 3.76. The quantitative estimate of drug-likeness (QED) is 0.0413. The average molecular weight is 892 g/mol. The molecule has 4 aliphatic carbocycles. The summed E-state index contributed by atoms with van der Waals surface area (Å²) in [4.78, 5) is 57.2. The predicted octanol–water partition coefficient (Wildman–Crippen LogP) is 13.0. The van der Waals surface area contributed by atoms with Gasteiger partial charge in [-0.2, -0.15) is 0 Å². The molecule has 9 nitrogen and oxygen atoms in total. The second-order valence-electron chi connectivity index (χ2n) is 19.1. The van der Waals surface area contributed by atoms with E-state index in [1.807, 2.05) is 0 Å². The van der Waals surface area contributed by atoms with E-state index in [9.17, 15) is 19.2 Å². The van der Waals surface area contributed by atoms with Gasteiger partial charge in [-0.05, 0) is 138 Å². The van der Waals surface area contributed by atoms with Crippen LogP contribution in [0.15, 0.2) is 34.6 Å². The molecule has 1 aromatic rings. The Morgan fingerprint density at radius 3 is 1.44 bits per heavy atom. The van der Waals surface area contributed by atoms with E-state index in [4.69, 9.17) is 25.5 Å². The third kappa shape index (κ3) is 13.5. The second kappa shape index (κ2) is 24.9. The van der Waals surface area contributed by atoms with Crippen molar-refractivity contribution >= 4 is 47.4 Å².